The first-order valence-electron chi connectivity index (χ1n) is 8.21. The lowest BCUT2D eigenvalue weighted by Gasteiger charge is -1.84. The molecule has 0 aliphatic heterocycles. The average Bonchev–Trinajstić information content (AvgIpc) is 2.53. The topological polar surface area (TPSA) is 0 Å². The van der Waals surface area contributed by atoms with E-state index in [4.69, 9.17) is 0 Å². The van der Waals surface area contributed by atoms with E-state index in [1.165, 1.54) is 0 Å². The maximum absolute atomic E-state index is 3.52. The molecule has 0 aliphatic rings. The minimum atomic E-state index is 1.04. The van der Waals surface area contributed by atoms with E-state index in [1.54, 1.807) is 0 Å². The molecule has 0 aromatic rings. The van der Waals surface area contributed by atoms with Crippen molar-refractivity contribution in [2.75, 3.05) is 5.33 Å². The van der Waals surface area contributed by atoms with Crippen LogP contribution in [0.25, 0.3) is 0 Å². The van der Waals surface area contributed by atoms with Gasteiger partial charge in [-0.1, -0.05) is 89.7 Å². The summed E-state index contributed by atoms with van der Waals surface area (Å²) in [5, 5.41) is 1.04. The van der Waals surface area contributed by atoms with Gasteiger partial charge in [0.05, 0.1) is 0 Å². The van der Waals surface area contributed by atoms with E-state index < -0.39 is 0 Å². The minimum absolute atomic E-state index is 1.04. The Hall–Kier alpha value is -1.08. The van der Waals surface area contributed by atoms with Gasteiger partial charge in [-0.2, -0.15) is 0 Å². The zero-order valence-corrected chi connectivity index (χ0v) is 16.0. The van der Waals surface area contributed by atoms with Crippen LogP contribution in [0.1, 0.15) is 52.4 Å². The first kappa shape index (κ1) is 23.2. The highest BCUT2D eigenvalue weighted by molar-refractivity contribution is 9.09. The molecule has 0 unspecified atom stereocenters. The zero-order valence-electron chi connectivity index (χ0n) is 14.4. The van der Waals surface area contributed by atoms with E-state index in [0.29, 0.717) is 0 Å². The van der Waals surface area contributed by atoms with Crippen LogP contribution in [0, 0.1) is 0 Å². The van der Waals surface area contributed by atoms with Crippen molar-refractivity contribution in [3.8, 4) is 0 Å². The van der Waals surface area contributed by atoms with Crippen molar-refractivity contribution in [2.45, 2.75) is 52.4 Å². The third-order valence-electron chi connectivity index (χ3n) is 2.54. The van der Waals surface area contributed by atoms with Gasteiger partial charge in [0.15, 0.2) is 0 Å². The molecular weight excluding hydrogens is 332 g/mol. The smallest absolute Gasteiger partial charge is 0.00658 e. The Kier molecular flexibility index (Phi) is 26.3. The summed E-state index contributed by atoms with van der Waals surface area (Å²) in [5.41, 5.74) is 0. The molecule has 0 aromatic carbocycles. The number of halogens is 1. The summed E-state index contributed by atoms with van der Waals surface area (Å²) in [4.78, 5) is 0. The third kappa shape index (κ3) is 27.3. The second-order valence-corrected chi connectivity index (χ2v) is 5.37. The molecule has 0 saturated heterocycles. The number of allylic oxidation sites excluding steroid dienone is 11. The molecule has 0 radical (unpaired) electrons. The fraction of sp³-hybridized carbons (Fsp3) is 0.429. The molecular formula is C21H33Br. The third-order valence-corrected chi connectivity index (χ3v) is 3.00. The van der Waals surface area contributed by atoms with Crippen molar-refractivity contribution >= 4 is 15.9 Å². The van der Waals surface area contributed by atoms with Gasteiger partial charge in [-0.25, -0.2) is 0 Å². The highest BCUT2D eigenvalue weighted by Gasteiger charge is 1.74. The van der Waals surface area contributed by atoms with Gasteiger partial charge in [-0.3, -0.25) is 0 Å². The molecule has 0 bridgehead atoms. The SMILES string of the molecule is C/C=C/C/C=C/C/C=C/C/C=C/C/C=C/CC.C=CCCBr. The molecule has 0 spiro atoms. The first-order valence-corrected chi connectivity index (χ1v) is 9.33. The molecule has 0 amide bonds. The predicted octanol–water partition coefficient (Wildman–Crippen LogP) is 7.72. The average molecular weight is 365 g/mol. The maximum atomic E-state index is 3.52. The Bertz CT molecular complexity index is 343. The lowest BCUT2D eigenvalue weighted by atomic mass is 10.2. The van der Waals surface area contributed by atoms with Crippen molar-refractivity contribution in [1.29, 1.82) is 0 Å². The van der Waals surface area contributed by atoms with Crippen molar-refractivity contribution in [2.24, 2.45) is 0 Å². The van der Waals surface area contributed by atoms with Crippen LogP contribution in [-0.2, 0) is 0 Å². The highest BCUT2D eigenvalue weighted by atomic mass is 79.9. The summed E-state index contributed by atoms with van der Waals surface area (Å²) in [6, 6.07) is 0. The zero-order chi connectivity index (χ0) is 16.7. The standard InChI is InChI=1S/C17H26.C4H7Br/c1-3-5-7-9-11-13-15-17-16-14-12-10-8-6-4-2;1-2-3-4-5/h3,5-6,8-9,11-12,14-15,17H,4,7,10,13,16H2,1-2H3;2H,1,3-4H2/b5-3+,8-6+,11-9+,14-12+,17-15+;. The maximum Gasteiger partial charge on any atom is 0.00658 e. The monoisotopic (exact) mass is 364 g/mol. The second kappa shape index (κ2) is 24.9. The predicted molar refractivity (Wildman–Crippen MR) is 109 cm³/mol. The Labute approximate surface area is 147 Å². The Morgan fingerprint density at radius 1 is 0.727 bits per heavy atom. The van der Waals surface area contributed by atoms with Gasteiger partial charge < -0.3 is 0 Å². The fourth-order valence-electron chi connectivity index (χ4n) is 1.37. The lowest BCUT2D eigenvalue weighted by molar-refractivity contribution is 1.19. The van der Waals surface area contributed by atoms with Gasteiger partial charge in [0.1, 0.15) is 0 Å². The van der Waals surface area contributed by atoms with Gasteiger partial charge >= 0.3 is 0 Å². The molecule has 22 heavy (non-hydrogen) atoms. The van der Waals surface area contributed by atoms with E-state index in [-0.39, 0.29) is 0 Å². The van der Waals surface area contributed by atoms with Crippen LogP contribution in [0.4, 0.5) is 0 Å². The van der Waals surface area contributed by atoms with Crippen LogP contribution in [0.3, 0.4) is 0 Å². The summed E-state index contributed by atoms with van der Waals surface area (Å²) in [6.45, 7) is 7.73. The molecule has 0 saturated carbocycles. The van der Waals surface area contributed by atoms with E-state index >= 15 is 0 Å². The van der Waals surface area contributed by atoms with Gasteiger partial charge in [-0.15, -0.1) is 6.58 Å². The second-order valence-electron chi connectivity index (χ2n) is 4.57. The quantitative estimate of drug-likeness (QED) is 0.260. The van der Waals surface area contributed by atoms with E-state index in [1.807, 2.05) is 6.08 Å². The van der Waals surface area contributed by atoms with Gasteiger partial charge in [0.2, 0.25) is 0 Å². The van der Waals surface area contributed by atoms with Crippen molar-refractivity contribution in [3.63, 3.8) is 0 Å². The molecule has 0 aliphatic carbocycles. The number of alkyl halides is 1. The Morgan fingerprint density at radius 2 is 1.14 bits per heavy atom. The van der Waals surface area contributed by atoms with E-state index in [9.17, 15) is 0 Å². The molecule has 124 valence electrons. The number of hydrogen-bond acceptors (Lipinski definition) is 0. The summed E-state index contributed by atoms with van der Waals surface area (Å²) in [7, 11) is 0. The van der Waals surface area contributed by atoms with Crippen molar-refractivity contribution in [1.82, 2.24) is 0 Å². The van der Waals surface area contributed by atoms with Crippen LogP contribution in [0.5, 0.6) is 0 Å². The normalized spacial score (nSPS) is 12.0. The summed E-state index contributed by atoms with van der Waals surface area (Å²) in [6.07, 6.45) is 30.2. The fourth-order valence-corrected chi connectivity index (χ4v) is 1.69. The van der Waals surface area contributed by atoms with Crippen LogP contribution in [0.15, 0.2) is 73.4 Å². The van der Waals surface area contributed by atoms with E-state index in [0.717, 1.165) is 43.9 Å². The largest absolute Gasteiger partial charge is 0.103 e. The lowest BCUT2D eigenvalue weighted by Crippen LogP contribution is -1.63. The minimum Gasteiger partial charge on any atom is -0.103 e. The molecule has 1 heteroatoms. The first-order chi connectivity index (χ1) is 10.8. The van der Waals surface area contributed by atoms with E-state index in [2.05, 4.69) is 97.1 Å². The molecule has 0 heterocycles. The summed E-state index contributed by atoms with van der Waals surface area (Å²) < 4.78 is 0. The van der Waals surface area contributed by atoms with Crippen LogP contribution < -0.4 is 0 Å². The Morgan fingerprint density at radius 3 is 1.41 bits per heavy atom. The summed E-state index contributed by atoms with van der Waals surface area (Å²) in [5.74, 6) is 0. The van der Waals surface area contributed by atoms with Crippen molar-refractivity contribution < 1.29 is 0 Å². The van der Waals surface area contributed by atoms with Crippen LogP contribution >= 0.6 is 15.9 Å². The Balaban J connectivity index is 0. The molecule has 0 atom stereocenters. The van der Waals surface area contributed by atoms with Crippen LogP contribution in [0.2, 0.25) is 0 Å². The van der Waals surface area contributed by atoms with Crippen LogP contribution in [-0.4, -0.2) is 5.33 Å². The number of rotatable bonds is 11. The van der Waals surface area contributed by atoms with Gasteiger partial charge in [0.25, 0.3) is 0 Å². The molecule has 0 N–H and O–H groups in total. The van der Waals surface area contributed by atoms with Gasteiger partial charge in [-0.05, 0) is 45.4 Å². The molecule has 0 rings (SSSR count). The summed E-state index contributed by atoms with van der Waals surface area (Å²) >= 11 is 3.24. The molecule has 0 nitrogen and oxygen atoms in total. The highest BCUT2D eigenvalue weighted by Crippen LogP contribution is 1.95. The van der Waals surface area contributed by atoms with Crippen molar-refractivity contribution in [3.05, 3.63) is 73.4 Å². The molecule has 0 fully saturated rings. The number of hydrogen-bond donors (Lipinski definition) is 0. The molecule has 0 aromatic heterocycles. The van der Waals surface area contributed by atoms with Gasteiger partial charge in [0, 0.05) is 5.33 Å².